The van der Waals surface area contributed by atoms with Crippen LogP contribution in [-0.4, -0.2) is 38.6 Å². The van der Waals surface area contributed by atoms with E-state index >= 15 is 0 Å². The molecule has 0 aliphatic carbocycles. The van der Waals surface area contributed by atoms with E-state index in [1.54, 1.807) is 25.3 Å². The molecule has 5 nitrogen and oxygen atoms in total. The van der Waals surface area contributed by atoms with Gasteiger partial charge in [0.15, 0.2) is 11.5 Å². The molecule has 0 aliphatic heterocycles. The molecule has 156 valence electrons. The van der Waals surface area contributed by atoms with Crippen LogP contribution >= 0.6 is 0 Å². The molecule has 0 radical (unpaired) electrons. The van der Waals surface area contributed by atoms with Crippen molar-refractivity contribution in [2.75, 3.05) is 33.1 Å². The molecule has 0 fully saturated rings. The Balaban J connectivity index is 1.63. The zero-order valence-corrected chi connectivity index (χ0v) is 17.7. The third-order valence-electron chi connectivity index (χ3n) is 4.72. The van der Waals surface area contributed by atoms with Crippen LogP contribution in [0.1, 0.15) is 21.5 Å². The third-order valence-corrected chi connectivity index (χ3v) is 4.72. The van der Waals surface area contributed by atoms with E-state index in [-0.39, 0.29) is 5.91 Å². The van der Waals surface area contributed by atoms with Crippen LogP contribution in [0.15, 0.2) is 72.8 Å². The molecule has 0 saturated heterocycles. The number of amides is 1. The van der Waals surface area contributed by atoms with Crippen LogP contribution < -0.4 is 14.8 Å². The van der Waals surface area contributed by atoms with Gasteiger partial charge in [0.05, 0.1) is 7.11 Å². The summed E-state index contributed by atoms with van der Waals surface area (Å²) in [4.78, 5) is 14.8. The van der Waals surface area contributed by atoms with Gasteiger partial charge in [-0.2, -0.15) is 0 Å². The van der Waals surface area contributed by atoms with Crippen LogP contribution in [-0.2, 0) is 13.0 Å². The van der Waals surface area contributed by atoms with E-state index in [0.29, 0.717) is 23.7 Å². The molecule has 3 rings (SSSR count). The Hall–Kier alpha value is -3.31. The number of nitrogens with zero attached hydrogens (tertiary/aromatic N) is 1. The van der Waals surface area contributed by atoms with Crippen molar-refractivity contribution in [3.8, 4) is 11.5 Å². The molecule has 0 aromatic heterocycles. The van der Waals surface area contributed by atoms with Gasteiger partial charge in [-0.25, -0.2) is 0 Å². The fourth-order valence-corrected chi connectivity index (χ4v) is 2.97. The predicted molar refractivity (Wildman–Crippen MR) is 120 cm³/mol. The molecule has 0 spiro atoms. The fraction of sp³-hybridized carbons (Fsp3) is 0.240. The number of methoxy groups -OCH3 is 1. The Kier molecular flexibility index (Phi) is 7.46. The van der Waals surface area contributed by atoms with Crippen LogP contribution in [0.25, 0.3) is 0 Å². The fourth-order valence-electron chi connectivity index (χ4n) is 2.97. The summed E-state index contributed by atoms with van der Waals surface area (Å²) in [5.41, 5.74) is 3.58. The molecule has 1 amide bonds. The predicted octanol–water partition coefficient (Wildman–Crippen LogP) is 4.63. The smallest absolute Gasteiger partial charge is 0.255 e. The van der Waals surface area contributed by atoms with Gasteiger partial charge in [-0.05, 0) is 62.0 Å². The highest BCUT2D eigenvalue weighted by molar-refractivity contribution is 6.04. The molecular weight excluding hydrogens is 376 g/mol. The second-order valence-corrected chi connectivity index (χ2v) is 7.34. The molecule has 0 atom stereocenters. The molecule has 30 heavy (non-hydrogen) atoms. The Morgan fingerprint density at radius 3 is 2.30 bits per heavy atom. The highest BCUT2D eigenvalue weighted by atomic mass is 16.5. The monoisotopic (exact) mass is 404 g/mol. The minimum atomic E-state index is -0.191. The van der Waals surface area contributed by atoms with Crippen molar-refractivity contribution in [1.29, 1.82) is 0 Å². The van der Waals surface area contributed by atoms with Crippen LogP contribution in [0.4, 0.5) is 5.69 Å². The van der Waals surface area contributed by atoms with Crippen molar-refractivity contribution in [3.63, 3.8) is 0 Å². The Morgan fingerprint density at radius 1 is 0.900 bits per heavy atom. The Morgan fingerprint density at radius 2 is 1.63 bits per heavy atom. The van der Waals surface area contributed by atoms with Crippen LogP contribution in [0, 0.1) is 0 Å². The summed E-state index contributed by atoms with van der Waals surface area (Å²) in [6.45, 7) is 1.42. The lowest BCUT2D eigenvalue weighted by Crippen LogP contribution is -2.15. The van der Waals surface area contributed by atoms with E-state index in [4.69, 9.17) is 9.47 Å². The lowest BCUT2D eigenvalue weighted by atomic mass is 10.1. The first-order chi connectivity index (χ1) is 14.5. The first-order valence-corrected chi connectivity index (χ1v) is 9.95. The zero-order chi connectivity index (χ0) is 21.3. The molecule has 0 unspecified atom stereocenters. The van der Waals surface area contributed by atoms with Crippen LogP contribution in [0.5, 0.6) is 11.5 Å². The van der Waals surface area contributed by atoms with E-state index in [9.17, 15) is 4.79 Å². The summed E-state index contributed by atoms with van der Waals surface area (Å²) >= 11 is 0. The third kappa shape index (κ3) is 6.09. The van der Waals surface area contributed by atoms with Crippen molar-refractivity contribution in [2.24, 2.45) is 0 Å². The normalized spacial score (nSPS) is 10.7. The first-order valence-electron chi connectivity index (χ1n) is 9.95. The minimum Gasteiger partial charge on any atom is -0.493 e. The zero-order valence-electron chi connectivity index (χ0n) is 17.7. The number of carbonyl (C=O) groups excluding carboxylic acids is 1. The number of likely N-dealkylation sites (N-methyl/N-ethyl adjacent to an activating group) is 1. The van der Waals surface area contributed by atoms with Crippen molar-refractivity contribution in [2.45, 2.75) is 13.0 Å². The maximum absolute atomic E-state index is 12.7. The standard InChI is InChI=1S/C25H28N2O3/c1-27(2)16-15-19-9-12-22(13-10-19)26-25(28)21-11-14-23(24(17-21)29-3)30-18-20-7-5-4-6-8-20/h4-14,17H,15-16,18H2,1-3H3,(H,26,28). The number of hydrogen-bond acceptors (Lipinski definition) is 4. The largest absolute Gasteiger partial charge is 0.493 e. The van der Waals surface area contributed by atoms with Crippen molar-refractivity contribution in [1.82, 2.24) is 4.90 Å². The molecule has 0 heterocycles. The lowest BCUT2D eigenvalue weighted by Gasteiger charge is -2.13. The highest BCUT2D eigenvalue weighted by Gasteiger charge is 2.12. The summed E-state index contributed by atoms with van der Waals surface area (Å²) < 4.78 is 11.3. The maximum Gasteiger partial charge on any atom is 0.255 e. The van der Waals surface area contributed by atoms with Crippen molar-refractivity contribution >= 4 is 11.6 Å². The van der Waals surface area contributed by atoms with Gasteiger partial charge in [0.1, 0.15) is 6.61 Å². The van der Waals surface area contributed by atoms with E-state index in [1.807, 2.05) is 54.6 Å². The number of benzene rings is 3. The van der Waals surface area contributed by atoms with Crippen LogP contribution in [0.3, 0.4) is 0 Å². The van der Waals surface area contributed by atoms with Gasteiger partial charge in [0, 0.05) is 17.8 Å². The second kappa shape index (κ2) is 10.5. The van der Waals surface area contributed by atoms with Gasteiger partial charge in [-0.1, -0.05) is 42.5 Å². The van der Waals surface area contributed by atoms with Crippen molar-refractivity contribution in [3.05, 3.63) is 89.5 Å². The average Bonchev–Trinajstić information content (AvgIpc) is 2.77. The van der Waals surface area contributed by atoms with E-state index in [2.05, 4.69) is 24.3 Å². The Bertz CT molecular complexity index is 954. The summed E-state index contributed by atoms with van der Waals surface area (Å²) in [5, 5.41) is 2.93. The number of carbonyl (C=O) groups is 1. The molecule has 3 aromatic carbocycles. The highest BCUT2D eigenvalue weighted by Crippen LogP contribution is 2.29. The number of hydrogen-bond donors (Lipinski definition) is 1. The summed E-state index contributed by atoms with van der Waals surface area (Å²) in [6.07, 6.45) is 0.975. The first kappa shape index (κ1) is 21.4. The quantitative estimate of drug-likeness (QED) is 0.565. The van der Waals surface area contributed by atoms with Gasteiger partial charge in [-0.15, -0.1) is 0 Å². The number of anilines is 1. The SMILES string of the molecule is COc1cc(C(=O)Nc2ccc(CCN(C)C)cc2)ccc1OCc1ccccc1. The molecule has 3 aromatic rings. The number of nitrogens with one attached hydrogen (secondary N) is 1. The molecule has 0 saturated carbocycles. The molecule has 0 bridgehead atoms. The molecule has 5 heteroatoms. The summed E-state index contributed by atoms with van der Waals surface area (Å²) in [5.74, 6) is 0.935. The molecule has 0 aliphatic rings. The topological polar surface area (TPSA) is 50.8 Å². The maximum atomic E-state index is 12.7. The van der Waals surface area contributed by atoms with E-state index in [0.717, 1.165) is 24.2 Å². The molecule has 1 N–H and O–H groups in total. The van der Waals surface area contributed by atoms with Gasteiger partial charge in [-0.3, -0.25) is 4.79 Å². The lowest BCUT2D eigenvalue weighted by molar-refractivity contribution is 0.102. The van der Waals surface area contributed by atoms with Crippen LogP contribution in [0.2, 0.25) is 0 Å². The van der Waals surface area contributed by atoms with Crippen molar-refractivity contribution < 1.29 is 14.3 Å². The number of ether oxygens (including phenoxy) is 2. The van der Waals surface area contributed by atoms with E-state index in [1.165, 1.54) is 5.56 Å². The summed E-state index contributed by atoms with van der Waals surface area (Å²) in [7, 11) is 5.68. The van der Waals surface area contributed by atoms with Gasteiger partial charge in [0.25, 0.3) is 5.91 Å². The van der Waals surface area contributed by atoms with Gasteiger partial charge < -0.3 is 19.7 Å². The molecular formula is C25H28N2O3. The van der Waals surface area contributed by atoms with Gasteiger partial charge >= 0.3 is 0 Å². The average molecular weight is 405 g/mol. The Labute approximate surface area is 178 Å². The van der Waals surface area contributed by atoms with E-state index < -0.39 is 0 Å². The number of rotatable bonds is 9. The van der Waals surface area contributed by atoms with Gasteiger partial charge in [0.2, 0.25) is 0 Å². The summed E-state index contributed by atoms with van der Waals surface area (Å²) in [6, 6.07) is 23.0. The minimum absolute atomic E-state index is 0.191. The second-order valence-electron chi connectivity index (χ2n) is 7.34.